The highest BCUT2D eigenvalue weighted by Gasteiger charge is 2.16. The van der Waals surface area contributed by atoms with Crippen molar-refractivity contribution < 1.29 is 4.79 Å². The van der Waals surface area contributed by atoms with Gasteiger partial charge in [-0.15, -0.1) is 11.3 Å². The van der Waals surface area contributed by atoms with Gasteiger partial charge in [0, 0.05) is 44.0 Å². The molecule has 0 saturated carbocycles. The minimum atomic E-state index is -0.103. The van der Waals surface area contributed by atoms with Gasteiger partial charge in [0.15, 0.2) is 0 Å². The minimum Gasteiger partial charge on any atom is -0.355 e. The third kappa shape index (κ3) is 4.09. The SMILES string of the molecule is O=C(CCn1cnc2ccccc2c1=O)NCCN1CCc2sccc2C1. The van der Waals surface area contributed by atoms with E-state index in [-0.39, 0.29) is 17.9 Å². The molecule has 1 amide bonds. The summed E-state index contributed by atoms with van der Waals surface area (Å²) in [5.74, 6) is -0.0386. The Morgan fingerprint density at radius 1 is 1.22 bits per heavy atom. The van der Waals surface area contributed by atoms with Crippen molar-refractivity contribution in [3.05, 3.63) is 62.8 Å². The number of carbonyl (C=O) groups is 1. The standard InChI is InChI=1S/C20H22N4O2S/c25-19(21-8-11-23-9-5-18-15(13-23)7-12-27-18)6-10-24-14-22-17-4-2-1-3-16(17)20(24)26/h1-4,7,12,14H,5-6,8-11,13H2,(H,21,25). The molecule has 0 atom stereocenters. The van der Waals surface area contributed by atoms with Crippen molar-refractivity contribution in [1.29, 1.82) is 0 Å². The van der Waals surface area contributed by atoms with Gasteiger partial charge >= 0.3 is 0 Å². The summed E-state index contributed by atoms with van der Waals surface area (Å²) in [5.41, 5.74) is 1.99. The molecular formula is C20H22N4O2S. The lowest BCUT2D eigenvalue weighted by Gasteiger charge is -2.26. The molecule has 2 aromatic heterocycles. The first kappa shape index (κ1) is 17.9. The quantitative estimate of drug-likeness (QED) is 0.708. The Balaban J connectivity index is 1.25. The van der Waals surface area contributed by atoms with Crippen molar-refractivity contribution in [3.8, 4) is 0 Å². The van der Waals surface area contributed by atoms with E-state index in [0.717, 1.165) is 26.1 Å². The van der Waals surface area contributed by atoms with E-state index >= 15 is 0 Å². The molecule has 140 valence electrons. The largest absolute Gasteiger partial charge is 0.355 e. The zero-order valence-corrected chi connectivity index (χ0v) is 15.9. The molecule has 4 rings (SSSR count). The van der Waals surface area contributed by atoms with Gasteiger partial charge in [-0.1, -0.05) is 12.1 Å². The first-order chi connectivity index (χ1) is 13.2. The fourth-order valence-electron chi connectivity index (χ4n) is 3.43. The van der Waals surface area contributed by atoms with Gasteiger partial charge in [-0.05, 0) is 35.6 Å². The van der Waals surface area contributed by atoms with Crippen LogP contribution in [0.1, 0.15) is 16.9 Å². The molecular weight excluding hydrogens is 360 g/mol. The zero-order valence-electron chi connectivity index (χ0n) is 15.1. The average molecular weight is 382 g/mol. The lowest BCUT2D eigenvalue weighted by atomic mass is 10.1. The maximum atomic E-state index is 12.4. The molecule has 3 aromatic rings. The van der Waals surface area contributed by atoms with Crippen LogP contribution in [0.25, 0.3) is 10.9 Å². The van der Waals surface area contributed by atoms with E-state index in [4.69, 9.17) is 0 Å². The molecule has 7 heteroatoms. The predicted octanol–water partition coefficient (Wildman–Crippen LogP) is 2.02. The first-order valence-corrected chi connectivity index (χ1v) is 10.1. The molecule has 0 fully saturated rings. The van der Waals surface area contributed by atoms with E-state index in [1.165, 1.54) is 21.3 Å². The molecule has 27 heavy (non-hydrogen) atoms. The van der Waals surface area contributed by atoms with Crippen molar-refractivity contribution in [2.75, 3.05) is 19.6 Å². The van der Waals surface area contributed by atoms with Crippen molar-refractivity contribution in [2.45, 2.75) is 25.9 Å². The summed E-state index contributed by atoms with van der Waals surface area (Å²) < 4.78 is 1.50. The Kier molecular flexibility index (Phi) is 5.31. The van der Waals surface area contributed by atoms with Crippen molar-refractivity contribution in [3.63, 3.8) is 0 Å². The lowest BCUT2D eigenvalue weighted by molar-refractivity contribution is -0.121. The van der Waals surface area contributed by atoms with Crippen LogP contribution >= 0.6 is 11.3 Å². The second-order valence-electron chi connectivity index (χ2n) is 6.76. The molecule has 1 aliphatic rings. The van der Waals surface area contributed by atoms with Crippen LogP contribution in [0, 0.1) is 0 Å². The van der Waals surface area contributed by atoms with E-state index in [1.807, 2.05) is 29.5 Å². The van der Waals surface area contributed by atoms with Gasteiger partial charge in [0.25, 0.3) is 5.56 Å². The summed E-state index contributed by atoms with van der Waals surface area (Å²) in [6.45, 7) is 3.82. The fraction of sp³-hybridized carbons (Fsp3) is 0.350. The van der Waals surface area contributed by atoms with E-state index in [9.17, 15) is 9.59 Å². The molecule has 6 nitrogen and oxygen atoms in total. The number of aryl methyl sites for hydroxylation is 1. The number of nitrogens with zero attached hydrogens (tertiary/aromatic N) is 3. The Hall–Kier alpha value is -2.51. The molecule has 3 heterocycles. The second kappa shape index (κ2) is 8.02. The van der Waals surface area contributed by atoms with E-state index in [1.54, 1.807) is 6.07 Å². The molecule has 1 aliphatic heterocycles. The molecule has 0 saturated heterocycles. The van der Waals surface area contributed by atoms with Crippen LogP contribution < -0.4 is 10.9 Å². The van der Waals surface area contributed by atoms with Gasteiger partial charge in [0.05, 0.1) is 17.2 Å². The fourth-order valence-corrected chi connectivity index (χ4v) is 4.32. The molecule has 1 N–H and O–H groups in total. The number of benzene rings is 1. The Bertz CT molecular complexity index is 1010. The Labute approximate surface area is 161 Å². The van der Waals surface area contributed by atoms with Gasteiger partial charge < -0.3 is 5.32 Å². The van der Waals surface area contributed by atoms with Crippen LogP contribution in [0.2, 0.25) is 0 Å². The Morgan fingerprint density at radius 2 is 2.11 bits per heavy atom. The van der Waals surface area contributed by atoms with Crippen LogP contribution in [-0.4, -0.2) is 40.0 Å². The number of thiophene rings is 1. The maximum Gasteiger partial charge on any atom is 0.261 e. The van der Waals surface area contributed by atoms with E-state index in [0.29, 0.717) is 24.0 Å². The summed E-state index contributed by atoms with van der Waals surface area (Å²) in [6.07, 6.45) is 2.89. The number of amides is 1. The third-order valence-corrected chi connectivity index (χ3v) is 5.97. The van der Waals surface area contributed by atoms with Crippen molar-refractivity contribution >= 4 is 28.1 Å². The molecule has 0 aliphatic carbocycles. The van der Waals surface area contributed by atoms with Crippen LogP contribution in [0.5, 0.6) is 0 Å². The van der Waals surface area contributed by atoms with Crippen LogP contribution in [0.4, 0.5) is 0 Å². The lowest BCUT2D eigenvalue weighted by Crippen LogP contribution is -2.37. The highest BCUT2D eigenvalue weighted by molar-refractivity contribution is 7.10. The van der Waals surface area contributed by atoms with Gasteiger partial charge in [0.2, 0.25) is 5.91 Å². The Morgan fingerprint density at radius 3 is 3.04 bits per heavy atom. The second-order valence-corrected chi connectivity index (χ2v) is 7.76. The monoisotopic (exact) mass is 382 g/mol. The first-order valence-electron chi connectivity index (χ1n) is 9.19. The normalized spacial score (nSPS) is 14.2. The minimum absolute atomic E-state index is 0.0386. The van der Waals surface area contributed by atoms with E-state index < -0.39 is 0 Å². The van der Waals surface area contributed by atoms with E-state index in [2.05, 4.69) is 26.6 Å². The topological polar surface area (TPSA) is 67.2 Å². The number of carbonyl (C=O) groups excluding carboxylic acids is 1. The predicted molar refractivity (Wildman–Crippen MR) is 107 cm³/mol. The van der Waals surface area contributed by atoms with Gasteiger partial charge in [-0.2, -0.15) is 0 Å². The number of para-hydroxylation sites is 1. The van der Waals surface area contributed by atoms with Crippen LogP contribution in [0.3, 0.4) is 0 Å². The summed E-state index contributed by atoms with van der Waals surface area (Å²) >= 11 is 1.83. The molecule has 0 bridgehead atoms. The highest BCUT2D eigenvalue weighted by atomic mass is 32.1. The number of rotatable bonds is 6. The van der Waals surface area contributed by atoms with Gasteiger partial charge in [0.1, 0.15) is 0 Å². The molecule has 1 aromatic carbocycles. The maximum absolute atomic E-state index is 12.4. The molecule has 0 spiro atoms. The van der Waals surface area contributed by atoms with Crippen molar-refractivity contribution in [2.24, 2.45) is 0 Å². The number of aromatic nitrogens is 2. The summed E-state index contributed by atoms with van der Waals surface area (Å²) in [6, 6.07) is 9.45. The number of fused-ring (bicyclic) bond motifs is 2. The summed E-state index contributed by atoms with van der Waals surface area (Å²) in [4.78, 5) is 32.7. The average Bonchev–Trinajstić information content (AvgIpc) is 3.15. The van der Waals surface area contributed by atoms with Crippen molar-refractivity contribution in [1.82, 2.24) is 19.8 Å². The number of nitrogens with one attached hydrogen (secondary N) is 1. The summed E-state index contributed by atoms with van der Waals surface area (Å²) in [7, 11) is 0. The third-order valence-electron chi connectivity index (χ3n) is 4.95. The van der Waals surface area contributed by atoms with Gasteiger partial charge in [-0.3, -0.25) is 19.1 Å². The zero-order chi connectivity index (χ0) is 18.6. The summed E-state index contributed by atoms with van der Waals surface area (Å²) in [5, 5.41) is 5.69. The van der Waals surface area contributed by atoms with Crippen LogP contribution in [-0.2, 0) is 24.3 Å². The highest BCUT2D eigenvalue weighted by Crippen LogP contribution is 2.23. The smallest absolute Gasteiger partial charge is 0.261 e. The number of hydrogen-bond donors (Lipinski definition) is 1. The van der Waals surface area contributed by atoms with Crippen LogP contribution in [0.15, 0.2) is 46.8 Å². The molecule has 0 radical (unpaired) electrons. The molecule has 0 unspecified atom stereocenters. The van der Waals surface area contributed by atoms with Gasteiger partial charge in [-0.25, -0.2) is 4.98 Å². The number of hydrogen-bond acceptors (Lipinski definition) is 5.